The van der Waals surface area contributed by atoms with Gasteiger partial charge in [0.1, 0.15) is 17.6 Å². The van der Waals surface area contributed by atoms with Gasteiger partial charge in [-0.1, -0.05) is 6.92 Å². The summed E-state index contributed by atoms with van der Waals surface area (Å²) < 4.78 is 94.5. The number of nitrogens with one attached hydrogen (secondary N) is 1. The summed E-state index contributed by atoms with van der Waals surface area (Å²) in [6, 6.07) is -2.18. The fraction of sp³-hybridized carbons (Fsp3) is 0.500. The summed E-state index contributed by atoms with van der Waals surface area (Å²) in [5.41, 5.74) is -1.58. The van der Waals surface area contributed by atoms with E-state index in [0.717, 1.165) is 17.2 Å². The number of nitrogens with zero attached hydrogens (tertiary/aromatic N) is 3. The Labute approximate surface area is 193 Å². The Morgan fingerprint density at radius 2 is 2.06 bits per heavy atom. The molecule has 0 bridgehead atoms. The Morgan fingerprint density at radius 1 is 1.38 bits per heavy atom. The van der Waals surface area contributed by atoms with Crippen LogP contribution in [0.25, 0.3) is 10.4 Å². The van der Waals surface area contributed by atoms with E-state index in [1.165, 1.54) is 13.8 Å². The van der Waals surface area contributed by atoms with Crippen LogP contribution in [-0.2, 0) is 0 Å². The van der Waals surface area contributed by atoms with Crippen molar-refractivity contribution in [2.75, 3.05) is 11.9 Å². The first kappa shape index (κ1) is 25.8. The van der Waals surface area contributed by atoms with Gasteiger partial charge in [-0.3, -0.25) is 9.59 Å². The van der Waals surface area contributed by atoms with Gasteiger partial charge in [-0.05, 0) is 19.4 Å². The average molecular weight is 512 g/mol. The number of alkyl halides is 7. The van der Waals surface area contributed by atoms with Crippen molar-refractivity contribution in [3.05, 3.63) is 28.5 Å². The number of hydrogen-bond donors (Lipinski definition) is 1. The molecule has 1 saturated heterocycles. The predicted octanol–water partition coefficient (Wildman–Crippen LogP) is 5.58. The number of hydrogen-bond acceptors (Lipinski definition) is 6. The number of aromatic nitrogens is 2. The molecular formula is C20H19F7N4O2S. The maximum atomic E-state index is 13.9. The molecule has 3 rings (SSSR count). The highest BCUT2D eigenvalue weighted by atomic mass is 32.1. The number of carbonyl (C=O) groups is 2. The van der Waals surface area contributed by atoms with Gasteiger partial charge in [0.25, 0.3) is 18.3 Å². The van der Waals surface area contributed by atoms with E-state index in [0.29, 0.717) is 11.3 Å². The third-order valence-electron chi connectivity index (χ3n) is 5.28. The monoisotopic (exact) mass is 512 g/mol. The third kappa shape index (κ3) is 5.31. The van der Waals surface area contributed by atoms with Crippen molar-refractivity contribution in [2.45, 2.75) is 57.3 Å². The Balaban J connectivity index is 2.05. The van der Waals surface area contributed by atoms with Crippen molar-refractivity contribution >= 4 is 29.3 Å². The van der Waals surface area contributed by atoms with E-state index in [1.54, 1.807) is 0 Å². The minimum absolute atomic E-state index is 0.216. The highest BCUT2D eigenvalue weighted by molar-refractivity contribution is 7.17. The molecule has 1 fully saturated rings. The van der Waals surface area contributed by atoms with Crippen LogP contribution in [0.1, 0.15) is 59.0 Å². The van der Waals surface area contributed by atoms with Crippen LogP contribution in [0, 0.1) is 0 Å². The number of likely N-dealkylation sites (tertiary alicyclic amines) is 1. The molecule has 1 N–H and O–H groups in total. The van der Waals surface area contributed by atoms with Crippen molar-refractivity contribution in [2.24, 2.45) is 0 Å². The second-order valence-corrected chi connectivity index (χ2v) is 8.82. The third-order valence-corrected chi connectivity index (χ3v) is 6.29. The first-order valence-electron chi connectivity index (χ1n) is 10.0. The quantitative estimate of drug-likeness (QED) is 0.388. The Kier molecular flexibility index (Phi) is 7.20. The van der Waals surface area contributed by atoms with Crippen LogP contribution in [0.15, 0.2) is 12.3 Å². The first-order valence-corrected chi connectivity index (χ1v) is 10.9. The van der Waals surface area contributed by atoms with Crippen LogP contribution in [0.3, 0.4) is 0 Å². The van der Waals surface area contributed by atoms with E-state index in [-0.39, 0.29) is 28.2 Å². The van der Waals surface area contributed by atoms with Crippen molar-refractivity contribution in [3.8, 4) is 10.4 Å². The molecule has 1 aliphatic heterocycles. The highest BCUT2D eigenvalue weighted by Crippen LogP contribution is 2.40. The molecule has 186 valence electrons. The van der Waals surface area contributed by atoms with Crippen LogP contribution >= 0.6 is 11.3 Å². The van der Waals surface area contributed by atoms with Gasteiger partial charge in [0.05, 0.1) is 11.4 Å². The van der Waals surface area contributed by atoms with Gasteiger partial charge in [0.2, 0.25) is 0 Å². The zero-order chi connectivity index (χ0) is 25.4. The lowest BCUT2D eigenvalue weighted by atomic mass is 10.1. The molecule has 2 aromatic rings. The van der Waals surface area contributed by atoms with Gasteiger partial charge in [0.15, 0.2) is 11.3 Å². The Bertz CT molecular complexity index is 1070. The molecule has 0 aliphatic carbocycles. The number of aldehydes is 1. The zero-order valence-corrected chi connectivity index (χ0v) is 18.6. The number of halogens is 7. The summed E-state index contributed by atoms with van der Waals surface area (Å²) in [5, 5.41) is 1.80. The molecule has 0 saturated carbocycles. The van der Waals surface area contributed by atoms with Gasteiger partial charge >= 0.3 is 6.18 Å². The van der Waals surface area contributed by atoms with Crippen molar-refractivity contribution in [1.82, 2.24) is 14.9 Å². The summed E-state index contributed by atoms with van der Waals surface area (Å²) in [7, 11) is 0. The number of anilines is 1. The van der Waals surface area contributed by atoms with Gasteiger partial charge in [-0.2, -0.15) is 13.2 Å². The fourth-order valence-electron chi connectivity index (χ4n) is 3.65. The lowest BCUT2D eigenvalue weighted by Gasteiger charge is -2.22. The van der Waals surface area contributed by atoms with Gasteiger partial charge in [-0.25, -0.2) is 27.5 Å². The molecule has 2 aromatic heterocycles. The van der Waals surface area contributed by atoms with E-state index in [9.17, 15) is 40.3 Å². The molecule has 3 heterocycles. The molecule has 34 heavy (non-hydrogen) atoms. The molecule has 6 nitrogen and oxygen atoms in total. The van der Waals surface area contributed by atoms with Crippen LogP contribution in [0.5, 0.6) is 0 Å². The second kappa shape index (κ2) is 9.47. The fourth-order valence-corrected chi connectivity index (χ4v) is 4.55. The van der Waals surface area contributed by atoms with Gasteiger partial charge in [-0.15, -0.1) is 11.3 Å². The van der Waals surface area contributed by atoms with Crippen LogP contribution < -0.4 is 5.32 Å². The molecule has 2 atom stereocenters. The largest absolute Gasteiger partial charge is 0.408 e. The Morgan fingerprint density at radius 3 is 2.56 bits per heavy atom. The lowest BCUT2D eigenvalue weighted by Crippen LogP contribution is -2.36. The first-order chi connectivity index (χ1) is 15.8. The van der Waals surface area contributed by atoms with Gasteiger partial charge in [0, 0.05) is 29.8 Å². The summed E-state index contributed by atoms with van der Waals surface area (Å²) in [4.78, 5) is 32.5. The van der Waals surface area contributed by atoms with Gasteiger partial charge < -0.3 is 10.2 Å². The molecule has 14 heteroatoms. The van der Waals surface area contributed by atoms with E-state index < -0.39 is 66.6 Å². The highest BCUT2D eigenvalue weighted by Gasteiger charge is 2.46. The minimum atomic E-state index is -4.65. The van der Waals surface area contributed by atoms with E-state index in [4.69, 9.17) is 0 Å². The standard InChI is InChI=1S/C20H19F7N4O2S/c1-3-12(20(25,26)27)29-13-4-10(17(21)22)11(6-28-13)16-15(30-14(7-32)34-16)18(33)31-8-19(23,24)5-9(31)2/h4,6-7,9,12,17H,3,5,8H2,1-2H3,(H,28,29)/t9-,12-/m0/s1. The number of amides is 1. The topological polar surface area (TPSA) is 75.2 Å². The molecule has 0 spiro atoms. The summed E-state index contributed by atoms with van der Waals surface area (Å²) in [5.74, 6) is -4.59. The SMILES string of the molecule is CC[C@H](Nc1cc(C(F)F)c(-c2sc(C=O)nc2C(=O)N2CC(F)(F)C[C@@H]2C)cn1)C(F)(F)F. The lowest BCUT2D eigenvalue weighted by molar-refractivity contribution is -0.142. The van der Waals surface area contributed by atoms with E-state index in [1.807, 2.05) is 0 Å². The predicted molar refractivity (Wildman–Crippen MR) is 110 cm³/mol. The number of thiazole rings is 1. The van der Waals surface area contributed by atoms with Crippen LogP contribution in [-0.4, -0.2) is 57.8 Å². The molecule has 1 amide bonds. The molecule has 0 unspecified atom stereocenters. The summed E-state index contributed by atoms with van der Waals surface area (Å²) >= 11 is 0.573. The second-order valence-electron chi connectivity index (χ2n) is 7.79. The minimum Gasteiger partial charge on any atom is -0.359 e. The normalized spacial score (nSPS) is 18.9. The average Bonchev–Trinajstić information content (AvgIpc) is 3.30. The number of pyridine rings is 1. The maximum Gasteiger partial charge on any atom is 0.408 e. The van der Waals surface area contributed by atoms with Crippen molar-refractivity contribution < 1.29 is 40.3 Å². The van der Waals surface area contributed by atoms with E-state index in [2.05, 4.69) is 15.3 Å². The Hall–Kier alpha value is -2.77. The smallest absolute Gasteiger partial charge is 0.359 e. The number of rotatable bonds is 7. The summed E-state index contributed by atoms with van der Waals surface area (Å²) in [6.45, 7) is 1.74. The van der Waals surface area contributed by atoms with Crippen LogP contribution in [0.2, 0.25) is 0 Å². The summed E-state index contributed by atoms with van der Waals surface area (Å²) in [6.07, 6.45) is -7.71. The van der Waals surface area contributed by atoms with E-state index >= 15 is 0 Å². The van der Waals surface area contributed by atoms with Crippen molar-refractivity contribution in [1.29, 1.82) is 0 Å². The molecule has 1 aliphatic rings. The number of carbonyl (C=O) groups excluding carboxylic acids is 2. The van der Waals surface area contributed by atoms with Crippen LogP contribution in [0.4, 0.5) is 36.6 Å². The molecular weight excluding hydrogens is 493 g/mol. The van der Waals surface area contributed by atoms with Crippen molar-refractivity contribution in [3.63, 3.8) is 0 Å². The zero-order valence-electron chi connectivity index (χ0n) is 17.8. The molecule has 0 aromatic carbocycles. The molecule has 0 radical (unpaired) electrons. The maximum absolute atomic E-state index is 13.9.